The summed E-state index contributed by atoms with van der Waals surface area (Å²) in [7, 11) is 0. The van der Waals surface area contributed by atoms with Crippen molar-refractivity contribution < 1.29 is 9.53 Å². The Hall–Kier alpha value is -2.01. The summed E-state index contributed by atoms with van der Waals surface area (Å²) >= 11 is 1.51. The maximum Gasteiger partial charge on any atom is 0.261 e. The molecular formula is C15H18N2O2S. The van der Waals surface area contributed by atoms with Gasteiger partial charge in [-0.1, -0.05) is 12.1 Å². The number of nitrogen functional groups attached to an aromatic ring is 1. The summed E-state index contributed by atoms with van der Waals surface area (Å²) in [6.07, 6.45) is 0. The van der Waals surface area contributed by atoms with E-state index < -0.39 is 0 Å². The van der Waals surface area contributed by atoms with Crippen LogP contribution in [0.4, 0.5) is 5.69 Å². The lowest BCUT2D eigenvalue weighted by molar-refractivity contribution is 0.0951. The first-order valence-electron chi connectivity index (χ1n) is 6.40. The molecule has 0 aliphatic carbocycles. The highest BCUT2D eigenvalue weighted by atomic mass is 32.1. The standard InChI is InChI=1S/C15H18N2O2S/c1-10-9-14(20-11(10)2)15(18)17-7-8-19-13-6-4-3-5-12(13)16/h3-6,9H,7-8,16H2,1-2H3,(H,17,18). The second kappa shape index (κ2) is 6.43. The van der Waals surface area contributed by atoms with Crippen LogP contribution in [0.25, 0.3) is 0 Å². The molecule has 106 valence electrons. The van der Waals surface area contributed by atoms with Gasteiger partial charge in [-0.15, -0.1) is 11.3 Å². The highest BCUT2D eigenvalue weighted by Crippen LogP contribution is 2.20. The molecule has 0 saturated carbocycles. The lowest BCUT2D eigenvalue weighted by atomic mass is 10.3. The molecule has 0 saturated heterocycles. The van der Waals surface area contributed by atoms with E-state index >= 15 is 0 Å². The number of carbonyl (C=O) groups is 1. The van der Waals surface area contributed by atoms with Crippen molar-refractivity contribution in [1.82, 2.24) is 5.32 Å². The number of carbonyl (C=O) groups excluding carboxylic acids is 1. The molecule has 0 fully saturated rings. The van der Waals surface area contributed by atoms with Gasteiger partial charge in [0.15, 0.2) is 0 Å². The summed E-state index contributed by atoms with van der Waals surface area (Å²) in [5.74, 6) is 0.584. The molecule has 0 bridgehead atoms. The predicted molar refractivity (Wildman–Crippen MR) is 82.5 cm³/mol. The molecule has 1 heterocycles. The lowest BCUT2D eigenvalue weighted by Gasteiger charge is -2.08. The van der Waals surface area contributed by atoms with E-state index in [1.165, 1.54) is 16.2 Å². The number of nitrogens with two attached hydrogens (primary N) is 1. The Morgan fingerprint density at radius 1 is 1.35 bits per heavy atom. The third-order valence-corrected chi connectivity index (χ3v) is 4.11. The van der Waals surface area contributed by atoms with E-state index in [0.29, 0.717) is 24.6 Å². The van der Waals surface area contributed by atoms with Gasteiger partial charge in [0.2, 0.25) is 0 Å². The number of hydrogen-bond acceptors (Lipinski definition) is 4. The molecule has 0 aliphatic heterocycles. The number of hydrogen-bond donors (Lipinski definition) is 2. The monoisotopic (exact) mass is 290 g/mol. The number of aryl methyl sites for hydroxylation is 2. The molecule has 1 aromatic carbocycles. The van der Waals surface area contributed by atoms with Crippen molar-refractivity contribution in [2.24, 2.45) is 0 Å². The molecule has 0 atom stereocenters. The maximum atomic E-state index is 11.9. The van der Waals surface area contributed by atoms with Crippen LogP contribution < -0.4 is 15.8 Å². The second-order valence-corrected chi connectivity index (χ2v) is 5.75. The number of nitrogens with one attached hydrogen (secondary N) is 1. The Morgan fingerprint density at radius 3 is 2.75 bits per heavy atom. The van der Waals surface area contributed by atoms with Crippen LogP contribution in [-0.4, -0.2) is 19.1 Å². The molecule has 1 amide bonds. The van der Waals surface area contributed by atoms with Crippen molar-refractivity contribution in [3.05, 3.63) is 45.6 Å². The Morgan fingerprint density at radius 2 is 2.10 bits per heavy atom. The Labute approximate surface area is 122 Å². The van der Waals surface area contributed by atoms with Crippen LogP contribution in [0.5, 0.6) is 5.75 Å². The zero-order valence-electron chi connectivity index (χ0n) is 11.6. The van der Waals surface area contributed by atoms with Crippen molar-refractivity contribution in [3.8, 4) is 5.75 Å². The van der Waals surface area contributed by atoms with Gasteiger partial charge in [-0.2, -0.15) is 0 Å². The normalized spacial score (nSPS) is 10.3. The topological polar surface area (TPSA) is 64.3 Å². The molecule has 0 radical (unpaired) electrons. The summed E-state index contributed by atoms with van der Waals surface area (Å²) in [4.78, 5) is 13.8. The summed E-state index contributed by atoms with van der Waals surface area (Å²) < 4.78 is 5.52. The average Bonchev–Trinajstić information content (AvgIpc) is 2.76. The number of ether oxygens (including phenoxy) is 1. The minimum Gasteiger partial charge on any atom is -0.490 e. The largest absolute Gasteiger partial charge is 0.490 e. The highest BCUT2D eigenvalue weighted by Gasteiger charge is 2.09. The predicted octanol–water partition coefficient (Wildman–Crippen LogP) is 2.76. The summed E-state index contributed by atoms with van der Waals surface area (Å²) in [6, 6.07) is 9.21. The molecule has 20 heavy (non-hydrogen) atoms. The van der Waals surface area contributed by atoms with E-state index in [2.05, 4.69) is 5.32 Å². The summed E-state index contributed by atoms with van der Waals surface area (Å²) in [5.41, 5.74) is 7.51. The van der Waals surface area contributed by atoms with Gasteiger partial charge in [0, 0.05) is 4.88 Å². The number of thiophene rings is 1. The maximum absolute atomic E-state index is 11.9. The number of rotatable bonds is 5. The van der Waals surface area contributed by atoms with Crippen LogP contribution in [0.2, 0.25) is 0 Å². The van der Waals surface area contributed by atoms with Gasteiger partial charge in [0.05, 0.1) is 17.1 Å². The van der Waals surface area contributed by atoms with E-state index in [0.717, 1.165) is 10.4 Å². The molecule has 3 N–H and O–H groups in total. The van der Waals surface area contributed by atoms with E-state index in [4.69, 9.17) is 10.5 Å². The molecule has 2 aromatic rings. The Balaban J connectivity index is 1.79. The molecular weight excluding hydrogens is 272 g/mol. The van der Waals surface area contributed by atoms with E-state index in [1.54, 1.807) is 6.07 Å². The van der Waals surface area contributed by atoms with Gasteiger partial charge in [-0.3, -0.25) is 4.79 Å². The van der Waals surface area contributed by atoms with Crippen LogP contribution in [0.15, 0.2) is 30.3 Å². The smallest absolute Gasteiger partial charge is 0.261 e. The van der Waals surface area contributed by atoms with Gasteiger partial charge >= 0.3 is 0 Å². The van der Waals surface area contributed by atoms with Crippen LogP contribution in [-0.2, 0) is 0 Å². The minimum absolute atomic E-state index is 0.0594. The van der Waals surface area contributed by atoms with Crippen molar-refractivity contribution in [2.75, 3.05) is 18.9 Å². The van der Waals surface area contributed by atoms with Gasteiger partial charge in [-0.05, 0) is 37.6 Å². The second-order valence-electron chi connectivity index (χ2n) is 4.49. The summed E-state index contributed by atoms with van der Waals surface area (Å²) in [5, 5.41) is 2.83. The molecule has 1 aromatic heterocycles. The molecule has 2 rings (SSSR count). The van der Waals surface area contributed by atoms with Crippen molar-refractivity contribution in [1.29, 1.82) is 0 Å². The van der Waals surface area contributed by atoms with Crippen LogP contribution in [0.3, 0.4) is 0 Å². The van der Waals surface area contributed by atoms with Crippen LogP contribution in [0.1, 0.15) is 20.1 Å². The SMILES string of the molecule is Cc1cc(C(=O)NCCOc2ccccc2N)sc1C. The molecule has 4 nitrogen and oxygen atoms in total. The van der Waals surface area contributed by atoms with Crippen LogP contribution >= 0.6 is 11.3 Å². The number of anilines is 1. The van der Waals surface area contributed by atoms with Gasteiger partial charge in [0.25, 0.3) is 5.91 Å². The fourth-order valence-corrected chi connectivity index (χ4v) is 2.66. The first-order chi connectivity index (χ1) is 9.58. The van der Waals surface area contributed by atoms with E-state index in [1.807, 2.05) is 38.1 Å². The highest BCUT2D eigenvalue weighted by molar-refractivity contribution is 7.14. The third-order valence-electron chi connectivity index (χ3n) is 2.95. The summed E-state index contributed by atoms with van der Waals surface area (Å²) in [6.45, 7) is 4.86. The van der Waals surface area contributed by atoms with E-state index in [-0.39, 0.29) is 5.91 Å². The number of amides is 1. The fourth-order valence-electron chi connectivity index (χ4n) is 1.71. The van der Waals surface area contributed by atoms with Gasteiger partial charge in [-0.25, -0.2) is 0 Å². The first-order valence-corrected chi connectivity index (χ1v) is 7.22. The van der Waals surface area contributed by atoms with Crippen molar-refractivity contribution >= 4 is 22.9 Å². The molecule has 0 unspecified atom stereocenters. The van der Waals surface area contributed by atoms with Gasteiger partial charge < -0.3 is 15.8 Å². The molecule has 0 spiro atoms. The first kappa shape index (κ1) is 14.4. The lowest BCUT2D eigenvalue weighted by Crippen LogP contribution is -2.27. The third kappa shape index (κ3) is 3.51. The molecule has 0 aliphatic rings. The van der Waals surface area contributed by atoms with Crippen molar-refractivity contribution in [2.45, 2.75) is 13.8 Å². The average molecular weight is 290 g/mol. The molecule has 5 heteroatoms. The van der Waals surface area contributed by atoms with E-state index in [9.17, 15) is 4.79 Å². The van der Waals surface area contributed by atoms with Gasteiger partial charge in [0.1, 0.15) is 12.4 Å². The quantitative estimate of drug-likeness (QED) is 0.657. The number of para-hydroxylation sites is 2. The fraction of sp³-hybridized carbons (Fsp3) is 0.267. The minimum atomic E-state index is -0.0594. The van der Waals surface area contributed by atoms with Crippen LogP contribution in [0, 0.1) is 13.8 Å². The Bertz CT molecular complexity index is 588. The van der Waals surface area contributed by atoms with Crippen molar-refractivity contribution in [3.63, 3.8) is 0 Å². The zero-order valence-corrected chi connectivity index (χ0v) is 12.4. The number of benzene rings is 1. The Kier molecular flexibility index (Phi) is 4.63. The zero-order chi connectivity index (χ0) is 14.5.